The quantitative estimate of drug-likeness (QED) is 0.767. The van der Waals surface area contributed by atoms with Crippen LogP contribution in [0.3, 0.4) is 0 Å². The second-order valence-electron chi connectivity index (χ2n) is 6.08. The molecule has 0 radical (unpaired) electrons. The Labute approximate surface area is 151 Å². The Morgan fingerprint density at radius 2 is 1.69 bits per heavy atom. The molecule has 0 spiro atoms. The highest BCUT2D eigenvalue weighted by molar-refractivity contribution is 5.79. The van der Waals surface area contributed by atoms with Gasteiger partial charge < -0.3 is 19.0 Å². The Morgan fingerprint density at radius 3 is 2.31 bits per heavy atom. The van der Waals surface area contributed by atoms with E-state index in [0.717, 1.165) is 0 Å². The number of nitrogens with zero attached hydrogens (tertiary/aromatic N) is 4. The van der Waals surface area contributed by atoms with Gasteiger partial charge in [0.25, 0.3) is 5.91 Å². The van der Waals surface area contributed by atoms with E-state index < -0.39 is 0 Å². The Morgan fingerprint density at radius 1 is 1.04 bits per heavy atom. The van der Waals surface area contributed by atoms with Crippen LogP contribution in [-0.2, 0) is 16.0 Å². The molecule has 2 amide bonds. The molecule has 1 aliphatic rings. The third-order valence-electron chi connectivity index (χ3n) is 4.21. The van der Waals surface area contributed by atoms with Crippen molar-refractivity contribution in [3.63, 3.8) is 0 Å². The van der Waals surface area contributed by atoms with Gasteiger partial charge >= 0.3 is 0 Å². The normalized spacial score (nSPS) is 14.3. The summed E-state index contributed by atoms with van der Waals surface area (Å²) in [4.78, 5) is 28.0. The van der Waals surface area contributed by atoms with Gasteiger partial charge in [0, 0.05) is 45.9 Å². The van der Waals surface area contributed by atoms with Gasteiger partial charge in [-0.1, -0.05) is 18.2 Å². The predicted molar refractivity (Wildman–Crippen MR) is 92.5 cm³/mol. The van der Waals surface area contributed by atoms with Gasteiger partial charge in [-0.25, -0.2) is 0 Å². The van der Waals surface area contributed by atoms with Gasteiger partial charge in [0.05, 0.1) is 0 Å². The van der Waals surface area contributed by atoms with Crippen LogP contribution in [0.4, 0.5) is 0 Å². The number of carbonyl (C=O) groups excluding carboxylic acids is 2. The van der Waals surface area contributed by atoms with Gasteiger partial charge in [-0.3, -0.25) is 9.59 Å². The lowest BCUT2D eigenvalue weighted by Crippen LogP contribution is -2.51. The first-order valence-corrected chi connectivity index (χ1v) is 8.64. The molecular weight excluding hydrogens is 336 g/mol. The van der Waals surface area contributed by atoms with Crippen LogP contribution in [0.25, 0.3) is 0 Å². The minimum atomic E-state index is -0.0673. The summed E-state index contributed by atoms with van der Waals surface area (Å²) in [6, 6.07) is 9.24. The summed E-state index contributed by atoms with van der Waals surface area (Å²) >= 11 is 0. The molecule has 26 heavy (non-hydrogen) atoms. The fourth-order valence-corrected chi connectivity index (χ4v) is 2.77. The first kappa shape index (κ1) is 17.9. The maximum Gasteiger partial charge on any atom is 0.260 e. The van der Waals surface area contributed by atoms with E-state index in [1.54, 1.807) is 16.7 Å². The summed E-state index contributed by atoms with van der Waals surface area (Å²) < 4.78 is 10.8. The molecule has 0 atom stereocenters. The van der Waals surface area contributed by atoms with Crippen molar-refractivity contribution in [3.05, 3.63) is 42.1 Å². The second kappa shape index (κ2) is 8.46. The summed E-state index contributed by atoms with van der Waals surface area (Å²) in [7, 11) is 0. The highest BCUT2D eigenvalue weighted by atomic mass is 16.5. The molecule has 2 aromatic rings. The van der Waals surface area contributed by atoms with Gasteiger partial charge in [0.15, 0.2) is 6.61 Å². The summed E-state index contributed by atoms with van der Waals surface area (Å²) in [5, 5.41) is 7.64. The third-order valence-corrected chi connectivity index (χ3v) is 4.21. The Bertz CT molecular complexity index is 739. The average molecular weight is 358 g/mol. The molecule has 8 nitrogen and oxygen atoms in total. The minimum Gasteiger partial charge on any atom is -0.484 e. The van der Waals surface area contributed by atoms with Crippen LogP contribution in [0.5, 0.6) is 5.75 Å². The maximum absolute atomic E-state index is 12.3. The molecule has 0 bridgehead atoms. The van der Waals surface area contributed by atoms with Crippen LogP contribution in [0.2, 0.25) is 0 Å². The fourth-order valence-electron chi connectivity index (χ4n) is 2.77. The van der Waals surface area contributed by atoms with Gasteiger partial charge in [0.1, 0.15) is 5.75 Å². The zero-order valence-corrected chi connectivity index (χ0v) is 14.8. The van der Waals surface area contributed by atoms with E-state index in [4.69, 9.17) is 9.15 Å². The van der Waals surface area contributed by atoms with Crippen molar-refractivity contribution in [2.75, 3.05) is 32.8 Å². The topological polar surface area (TPSA) is 88.8 Å². The number of aryl methyl sites for hydroxylation is 2. The summed E-state index contributed by atoms with van der Waals surface area (Å²) in [5.41, 5.74) is 0. The zero-order valence-electron chi connectivity index (χ0n) is 14.8. The zero-order chi connectivity index (χ0) is 18.4. The third kappa shape index (κ3) is 4.81. The lowest BCUT2D eigenvalue weighted by molar-refractivity contribution is -0.140. The molecule has 138 valence electrons. The minimum absolute atomic E-state index is 0.00841. The molecule has 0 unspecified atom stereocenters. The number of hydrogen-bond donors (Lipinski definition) is 0. The van der Waals surface area contributed by atoms with Crippen molar-refractivity contribution < 1.29 is 18.7 Å². The molecule has 0 aliphatic carbocycles. The van der Waals surface area contributed by atoms with Crippen LogP contribution in [0.15, 0.2) is 34.7 Å². The fraction of sp³-hybridized carbons (Fsp3) is 0.444. The number of ether oxygens (including phenoxy) is 1. The summed E-state index contributed by atoms with van der Waals surface area (Å²) in [6.45, 7) is 3.81. The number of rotatable bonds is 6. The van der Waals surface area contributed by atoms with Crippen molar-refractivity contribution in [1.82, 2.24) is 20.0 Å². The first-order chi connectivity index (χ1) is 12.6. The molecular formula is C18H22N4O4. The lowest BCUT2D eigenvalue weighted by Gasteiger charge is -2.34. The Balaban J connectivity index is 1.39. The number of carbonyl (C=O) groups is 2. The monoisotopic (exact) mass is 358 g/mol. The van der Waals surface area contributed by atoms with Crippen molar-refractivity contribution in [3.8, 4) is 5.75 Å². The summed E-state index contributed by atoms with van der Waals surface area (Å²) in [5.74, 6) is 1.61. The van der Waals surface area contributed by atoms with Crippen LogP contribution in [-0.4, -0.2) is 64.6 Å². The number of hydrogen-bond acceptors (Lipinski definition) is 6. The van der Waals surface area contributed by atoms with E-state index in [1.165, 1.54) is 0 Å². The van der Waals surface area contributed by atoms with Crippen molar-refractivity contribution in [2.24, 2.45) is 0 Å². The van der Waals surface area contributed by atoms with Crippen molar-refractivity contribution >= 4 is 11.8 Å². The first-order valence-electron chi connectivity index (χ1n) is 8.64. The van der Waals surface area contributed by atoms with Gasteiger partial charge in [-0.05, 0) is 12.1 Å². The van der Waals surface area contributed by atoms with Gasteiger partial charge in [0.2, 0.25) is 17.7 Å². The molecule has 1 aliphatic heterocycles. The lowest BCUT2D eigenvalue weighted by atomic mass is 10.2. The molecule has 1 fully saturated rings. The van der Waals surface area contributed by atoms with E-state index in [2.05, 4.69) is 10.2 Å². The number of para-hydroxylation sites is 1. The van der Waals surface area contributed by atoms with E-state index in [0.29, 0.717) is 56.6 Å². The van der Waals surface area contributed by atoms with Crippen LogP contribution < -0.4 is 4.74 Å². The number of piperazine rings is 1. The average Bonchev–Trinajstić information content (AvgIpc) is 3.10. The second-order valence-corrected chi connectivity index (χ2v) is 6.08. The maximum atomic E-state index is 12.3. The standard InChI is InChI=1S/C18H22N4O4/c1-14-19-20-16(26-14)7-8-17(23)21-9-11-22(12-10-21)18(24)13-25-15-5-3-2-4-6-15/h2-6H,7-13H2,1H3. The molecule has 8 heteroatoms. The van der Waals surface area contributed by atoms with Crippen LogP contribution in [0, 0.1) is 6.92 Å². The smallest absolute Gasteiger partial charge is 0.260 e. The molecule has 1 aromatic heterocycles. The number of benzene rings is 1. The summed E-state index contributed by atoms with van der Waals surface area (Å²) in [6.07, 6.45) is 0.760. The van der Waals surface area contributed by atoms with Crippen LogP contribution >= 0.6 is 0 Å². The highest BCUT2D eigenvalue weighted by Crippen LogP contribution is 2.10. The largest absolute Gasteiger partial charge is 0.484 e. The van der Waals surface area contributed by atoms with Gasteiger partial charge in [-0.15, -0.1) is 10.2 Å². The molecule has 2 heterocycles. The molecule has 0 saturated carbocycles. The molecule has 1 saturated heterocycles. The molecule has 1 aromatic carbocycles. The predicted octanol–water partition coefficient (Wildman–Crippen LogP) is 1.06. The van der Waals surface area contributed by atoms with Crippen LogP contribution in [0.1, 0.15) is 18.2 Å². The molecule has 0 N–H and O–H groups in total. The van der Waals surface area contributed by atoms with E-state index in [9.17, 15) is 9.59 Å². The van der Waals surface area contributed by atoms with Crippen molar-refractivity contribution in [1.29, 1.82) is 0 Å². The van der Waals surface area contributed by atoms with E-state index >= 15 is 0 Å². The van der Waals surface area contributed by atoms with Gasteiger partial charge in [-0.2, -0.15) is 0 Å². The molecule has 3 rings (SSSR count). The number of aromatic nitrogens is 2. The van der Waals surface area contributed by atoms with E-state index in [-0.39, 0.29) is 18.4 Å². The SMILES string of the molecule is Cc1nnc(CCC(=O)N2CCN(C(=O)COc3ccccc3)CC2)o1. The van der Waals surface area contributed by atoms with Crippen molar-refractivity contribution in [2.45, 2.75) is 19.8 Å². The van der Waals surface area contributed by atoms with E-state index in [1.807, 2.05) is 30.3 Å². The number of amides is 2. The Kier molecular flexibility index (Phi) is 5.83. The Hall–Kier alpha value is -2.90. The highest BCUT2D eigenvalue weighted by Gasteiger charge is 2.24.